The number of carbonyl (C=O) groups is 2. The van der Waals surface area contributed by atoms with E-state index in [1.54, 1.807) is 38.4 Å². The summed E-state index contributed by atoms with van der Waals surface area (Å²) in [6.07, 6.45) is 0.639. The largest absolute Gasteiger partial charge is 0.497 e. The predicted octanol–water partition coefficient (Wildman–Crippen LogP) is 2.65. The zero-order valence-corrected chi connectivity index (χ0v) is 21.0. The molecule has 3 amide bonds. The predicted molar refractivity (Wildman–Crippen MR) is 139 cm³/mol. The van der Waals surface area contributed by atoms with Crippen LogP contribution in [0.5, 0.6) is 5.75 Å². The molecule has 0 fully saturated rings. The molecule has 0 bridgehead atoms. The third-order valence-corrected chi connectivity index (χ3v) is 6.49. The molecule has 0 saturated carbocycles. The molecule has 0 radical (unpaired) electrons. The Morgan fingerprint density at radius 1 is 0.889 bits per heavy atom. The van der Waals surface area contributed by atoms with E-state index in [4.69, 9.17) is 4.74 Å². The summed E-state index contributed by atoms with van der Waals surface area (Å²) in [7, 11) is -0.991. The van der Waals surface area contributed by atoms with Crippen LogP contribution in [-0.2, 0) is 27.8 Å². The molecule has 0 saturated heterocycles. The number of nitrogens with zero attached hydrogens (tertiary/aromatic N) is 1. The lowest BCUT2D eigenvalue weighted by molar-refractivity contribution is -0.120. The Hall–Kier alpha value is -3.89. The van der Waals surface area contributed by atoms with Gasteiger partial charge in [-0.2, -0.15) is 13.1 Å². The Bertz CT molecular complexity index is 1240. The molecule has 0 spiro atoms. The van der Waals surface area contributed by atoms with Gasteiger partial charge in [-0.3, -0.25) is 4.79 Å². The van der Waals surface area contributed by atoms with E-state index in [1.165, 1.54) is 4.90 Å². The number of anilines is 1. The minimum Gasteiger partial charge on any atom is -0.497 e. The van der Waals surface area contributed by atoms with E-state index in [2.05, 4.69) is 10.0 Å². The van der Waals surface area contributed by atoms with Crippen molar-refractivity contribution in [2.24, 2.45) is 0 Å². The highest BCUT2D eigenvalue weighted by molar-refractivity contribution is 7.88. The standard InChI is InChI=1S/C26H30N4O5S/c1-30(22-13-15-23(35-2)16-14-22)25(31)24(19-21-11-7-4-8-12-21)28-26(32)29-36(33,34)27-18-17-20-9-5-3-6-10-20/h3-16,24,27H,17-19H2,1-2H3,(H2,28,29,32). The molecule has 190 valence electrons. The fraction of sp³-hybridized carbons (Fsp3) is 0.231. The third-order valence-electron chi connectivity index (χ3n) is 5.45. The number of nitrogens with one attached hydrogen (secondary N) is 3. The first kappa shape index (κ1) is 26.7. The second-order valence-corrected chi connectivity index (χ2v) is 9.55. The first-order valence-corrected chi connectivity index (χ1v) is 12.8. The van der Waals surface area contributed by atoms with Crippen LogP contribution in [0.1, 0.15) is 11.1 Å². The van der Waals surface area contributed by atoms with Crippen LogP contribution < -0.4 is 24.4 Å². The first-order chi connectivity index (χ1) is 17.3. The lowest BCUT2D eigenvalue weighted by atomic mass is 10.0. The molecule has 1 atom stereocenters. The minimum atomic E-state index is -4.13. The highest BCUT2D eigenvalue weighted by Gasteiger charge is 2.27. The van der Waals surface area contributed by atoms with Crippen molar-refractivity contribution in [2.45, 2.75) is 18.9 Å². The van der Waals surface area contributed by atoms with Crippen LogP contribution in [0, 0.1) is 0 Å². The van der Waals surface area contributed by atoms with E-state index in [9.17, 15) is 18.0 Å². The average Bonchev–Trinajstić information content (AvgIpc) is 2.88. The van der Waals surface area contributed by atoms with E-state index in [1.807, 2.05) is 65.4 Å². The van der Waals surface area contributed by atoms with Crippen LogP contribution in [0.3, 0.4) is 0 Å². The number of amides is 3. The Kier molecular flexibility index (Phi) is 9.43. The monoisotopic (exact) mass is 510 g/mol. The van der Waals surface area contributed by atoms with Crippen molar-refractivity contribution < 1.29 is 22.7 Å². The summed E-state index contributed by atoms with van der Waals surface area (Å²) in [4.78, 5) is 27.3. The molecule has 3 aromatic rings. The van der Waals surface area contributed by atoms with Gasteiger partial charge in [-0.05, 0) is 41.8 Å². The molecule has 0 aromatic heterocycles. The minimum absolute atomic E-state index is 0.110. The van der Waals surface area contributed by atoms with Gasteiger partial charge in [-0.15, -0.1) is 0 Å². The zero-order chi connectivity index (χ0) is 26.0. The van der Waals surface area contributed by atoms with Gasteiger partial charge in [0.15, 0.2) is 0 Å². The molecule has 0 heterocycles. The Balaban J connectivity index is 1.66. The summed E-state index contributed by atoms with van der Waals surface area (Å²) >= 11 is 0. The summed E-state index contributed by atoms with van der Waals surface area (Å²) in [6.45, 7) is 0.110. The Labute approximate surface area is 211 Å². The van der Waals surface area contributed by atoms with Crippen molar-refractivity contribution in [3.05, 3.63) is 96.1 Å². The maximum atomic E-state index is 13.3. The lowest BCUT2D eigenvalue weighted by Crippen LogP contribution is -2.54. The smallest absolute Gasteiger partial charge is 0.330 e. The van der Waals surface area contributed by atoms with E-state index >= 15 is 0 Å². The normalized spacial score (nSPS) is 11.8. The van der Waals surface area contributed by atoms with Gasteiger partial charge in [0.1, 0.15) is 11.8 Å². The average molecular weight is 511 g/mol. The van der Waals surface area contributed by atoms with Crippen molar-refractivity contribution in [3.63, 3.8) is 0 Å². The fourth-order valence-corrected chi connectivity index (χ4v) is 4.28. The van der Waals surface area contributed by atoms with Crippen LogP contribution in [0.2, 0.25) is 0 Å². The number of benzene rings is 3. The molecule has 0 aliphatic rings. The number of likely N-dealkylation sites (N-methyl/N-ethyl adjacent to an activating group) is 1. The van der Waals surface area contributed by atoms with E-state index in [-0.39, 0.29) is 13.0 Å². The lowest BCUT2D eigenvalue weighted by Gasteiger charge is -2.25. The summed E-state index contributed by atoms with van der Waals surface area (Å²) in [5.41, 5.74) is 2.36. The second kappa shape index (κ2) is 12.7. The van der Waals surface area contributed by atoms with Gasteiger partial charge in [0.05, 0.1) is 7.11 Å². The SMILES string of the molecule is COc1ccc(N(C)C(=O)C(Cc2ccccc2)NC(=O)NS(=O)(=O)NCCc2ccccc2)cc1. The molecule has 3 rings (SSSR count). The molecule has 36 heavy (non-hydrogen) atoms. The summed E-state index contributed by atoms with van der Waals surface area (Å²) in [6, 6.07) is 23.4. The molecular weight excluding hydrogens is 480 g/mol. The molecule has 0 aliphatic heterocycles. The maximum Gasteiger partial charge on any atom is 0.330 e. The van der Waals surface area contributed by atoms with Crippen LogP contribution in [0.15, 0.2) is 84.9 Å². The van der Waals surface area contributed by atoms with Crippen molar-refractivity contribution in [3.8, 4) is 5.75 Å². The van der Waals surface area contributed by atoms with Crippen LogP contribution in [-0.4, -0.2) is 47.1 Å². The first-order valence-electron chi connectivity index (χ1n) is 11.3. The number of ether oxygens (including phenoxy) is 1. The number of rotatable bonds is 11. The molecule has 0 aliphatic carbocycles. The molecular formula is C26H30N4O5S. The van der Waals surface area contributed by atoms with Gasteiger partial charge in [0.25, 0.3) is 0 Å². The van der Waals surface area contributed by atoms with E-state index in [0.717, 1.165) is 11.1 Å². The van der Waals surface area contributed by atoms with Crippen molar-refractivity contribution in [1.29, 1.82) is 0 Å². The highest BCUT2D eigenvalue weighted by Crippen LogP contribution is 2.19. The number of urea groups is 1. The fourth-order valence-electron chi connectivity index (χ4n) is 3.54. The summed E-state index contributed by atoms with van der Waals surface area (Å²) in [5, 5.41) is 2.52. The maximum absolute atomic E-state index is 13.3. The summed E-state index contributed by atoms with van der Waals surface area (Å²) < 4.78 is 34.2. The van der Waals surface area contributed by atoms with Crippen molar-refractivity contribution >= 4 is 27.8 Å². The van der Waals surface area contributed by atoms with E-state index in [0.29, 0.717) is 17.9 Å². The van der Waals surface area contributed by atoms with Crippen LogP contribution >= 0.6 is 0 Å². The van der Waals surface area contributed by atoms with E-state index < -0.39 is 28.2 Å². The van der Waals surface area contributed by atoms with Gasteiger partial charge in [-0.25, -0.2) is 9.52 Å². The molecule has 9 nitrogen and oxygen atoms in total. The van der Waals surface area contributed by atoms with Gasteiger partial charge in [-0.1, -0.05) is 60.7 Å². The van der Waals surface area contributed by atoms with Gasteiger partial charge in [0, 0.05) is 25.7 Å². The second-order valence-electron chi connectivity index (χ2n) is 8.05. The van der Waals surface area contributed by atoms with Crippen LogP contribution in [0.25, 0.3) is 0 Å². The Morgan fingerprint density at radius 3 is 2.06 bits per heavy atom. The molecule has 10 heteroatoms. The van der Waals surface area contributed by atoms with Gasteiger partial charge < -0.3 is 15.0 Å². The topological polar surface area (TPSA) is 117 Å². The zero-order valence-electron chi connectivity index (χ0n) is 20.2. The number of hydrogen-bond donors (Lipinski definition) is 3. The van der Waals surface area contributed by atoms with Gasteiger partial charge >= 0.3 is 16.2 Å². The molecule has 3 aromatic carbocycles. The Morgan fingerprint density at radius 2 is 1.47 bits per heavy atom. The van der Waals surface area contributed by atoms with Crippen molar-refractivity contribution in [1.82, 2.24) is 14.8 Å². The number of carbonyl (C=O) groups excluding carboxylic acids is 2. The van der Waals surface area contributed by atoms with Crippen LogP contribution in [0.4, 0.5) is 10.5 Å². The number of hydrogen-bond acceptors (Lipinski definition) is 5. The van der Waals surface area contributed by atoms with Crippen molar-refractivity contribution in [2.75, 3.05) is 25.6 Å². The summed E-state index contributed by atoms with van der Waals surface area (Å²) in [5.74, 6) is 0.233. The molecule has 1 unspecified atom stereocenters. The number of methoxy groups -OCH3 is 1. The highest BCUT2D eigenvalue weighted by atomic mass is 32.2. The quantitative estimate of drug-likeness (QED) is 0.367. The molecule has 3 N–H and O–H groups in total. The third kappa shape index (κ3) is 8.10. The van der Waals surface area contributed by atoms with Gasteiger partial charge in [0.2, 0.25) is 5.91 Å².